The second-order valence-corrected chi connectivity index (χ2v) is 12.4. The number of fused-ring (bicyclic) bond motifs is 1. The number of aromatic nitrogens is 1. The second kappa shape index (κ2) is 12.8. The van der Waals surface area contributed by atoms with E-state index in [0.29, 0.717) is 68.4 Å². The number of benzene rings is 2. The number of nitrogens with zero attached hydrogens (tertiary/aromatic N) is 2. The highest BCUT2D eigenvalue weighted by molar-refractivity contribution is 9.10. The van der Waals surface area contributed by atoms with Crippen LogP contribution in [0.25, 0.3) is 10.9 Å². The molecule has 1 saturated heterocycles. The molecule has 0 bridgehead atoms. The Bertz CT molecular complexity index is 1380. The molecule has 1 fully saturated rings. The molecule has 4 rings (SSSR count). The Morgan fingerprint density at radius 2 is 1.54 bits per heavy atom. The van der Waals surface area contributed by atoms with Crippen molar-refractivity contribution in [2.45, 2.75) is 51.7 Å². The number of methoxy groups -OCH3 is 1. The van der Waals surface area contributed by atoms with E-state index in [9.17, 15) is 9.59 Å². The van der Waals surface area contributed by atoms with E-state index < -0.39 is 5.60 Å². The van der Waals surface area contributed by atoms with Gasteiger partial charge in [0.2, 0.25) is 0 Å². The van der Waals surface area contributed by atoms with Crippen molar-refractivity contribution in [3.63, 3.8) is 0 Å². The Morgan fingerprint density at radius 3 is 2.17 bits per heavy atom. The van der Waals surface area contributed by atoms with Crippen molar-refractivity contribution in [1.82, 2.24) is 14.8 Å². The van der Waals surface area contributed by atoms with Gasteiger partial charge in [0.1, 0.15) is 17.1 Å². The first-order valence-electron chi connectivity index (χ1n) is 14.0. The maximum Gasteiger partial charge on any atom is 0.257 e. The molecule has 2 amide bonds. The highest BCUT2D eigenvalue weighted by Crippen LogP contribution is 2.34. The lowest BCUT2D eigenvalue weighted by atomic mass is 10.0. The van der Waals surface area contributed by atoms with E-state index in [-0.39, 0.29) is 17.4 Å². The summed E-state index contributed by atoms with van der Waals surface area (Å²) in [5.41, 5.74) is 6.73. The molecule has 0 radical (unpaired) electrons. The van der Waals surface area contributed by atoms with E-state index in [4.69, 9.17) is 19.9 Å². The fourth-order valence-electron chi connectivity index (χ4n) is 5.05. The third-order valence-electron chi connectivity index (χ3n) is 7.50. The minimum absolute atomic E-state index is 0.0953. The molecule has 1 aliphatic rings. The predicted molar refractivity (Wildman–Crippen MR) is 164 cm³/mol. The first-order chi connectivity index (χ1) is 19.5. The molecule has 0 saturated carbocycles. The molecule has 2 aromatic carbocycles. The molecule has 3 N–H and O–H groups in total. The van der Waals surface area contributed by atoms with E-state index in [2.05, 4.69) is 20.9 Å². The maximum absolute atomic E-state index is 13.6. The van der Waals surface area contributed by atoms with Gasteiger partial charge in [0.15, 0.2) is 0 Å². The first-order valence-corrected chi connectivity index (χ1v) is 14.8. The number of para-hydroxylation sites is 1. The van der Waals surface area contributed by atoms with Crippen molar-refractivity contribution in [2.24, 2.45) is 5.73 Å². The molecule has 41 heavy (non-hydrogen) atoms. The molecule has 0 spiro atoms. The Kier molecular flexibility index (Phi) is 9.66. The minimum Gasteiger partial charge on any atom is -0.496 e. The van der Waals surface area contributed by atoms with Crippen molar-refractivity contribution in [3.05, 3.63) is 58.2 Å². The van der Waals surface area contributed by atoms with E-state index in [1.165, 1.54) is 0 Å². The summed E-state index contributed by atoms with van der Waals surface area (Å²) < 4.78 is 18.8. The van der Waals surface area contributed by atoms with Crippen molar-refractivity contribution < 1.29 is 23.8 Å². The topological polar surface area (TPSA) is 110 Å². The van der Waals surface area contributed by atoms with Crippen molar-refractivity contribution in [1.29, 1.82) is 0 Å². The van der Waals surface area contributed by atoms with E-state index in [1.807, 2.05) is 58.0 Å². The Labute approximate surface area is 250 Å². The fraction of sp³-hybridized carbons (Fsp3) is 0.484. The van der Waals surface area contributed by atoms with Gasteiger partial charge < -0.3 is 34.7 Å². The summed E-state index contributed by atoms with van der Waals surface area (Å²) in [5.74, 6) is 0.967. The number of piperazine rings is 1. The Balaban J connectivity index is 1.40. The monoisotopic (exact) mass is 628 g/mol. The van der Waals surface area contributed by atoms with Crippen molar-refractivity contribution in [3.8, 4) is 11.5 Å². The summed E-state index contributed by atoms with van der Waals surface area (Å²) >= 11 is 3.54. The van der Waals surface area contributed by atoms with Gasteiger partial charge in [-0.2, -0.15) is 0 Å². The van der Waals surface area contributed by atoms with Crippen LogP contribution in [-0.4, -0.2) is 84.2 Å². The first kappa shape index (κ1) is 30.9. The molecule has 2 heterocycles. The van der Waals surface area contributed by atoms with Gasteiger partial charge in [-0.05, 0) is 80.9 Å². The van der Waals surface area contributed by atoms with Gasteiger partial charge in [-0.25, -0.2) is 0 Å². The number of H-pyrrole nitrogens is 1. The van der Waals surface area contributed by atoms with E-state index in [0.717, 1.165) is 21.8 Å². The van der Waals surface area contributed by atoms with E-state index >= 15 is 0 Å². The summed E-state index contributed by atoms with van der Waals surface area (Å²) in [7, 11) is 1.59. The van der Waals surface area contributed by atoms with Gasteiger partial charge in [0, 0.05) is 43.3 Å². The molecule has 0 atom stereocenters. The molecule has 1 aliphatic heterocycles. The van der Waals surface area contributed by atoms with Crippen LogP contribution in [0.3, 0.4) is 0 Å². The lowest BCUT2D eigenvalue weighted by Crippen LogP contribution is -2.50. The normalized spacial score (nSPS) is 14.4. The molecular weight excluding hydrogens is 588 g/mol. The number of aromatic amines is 1. The van der Waals surface area contributed by atoms with Crippen LogP contribution in [0, 0.1) is 0 Å². The van der Waals surface area contributed by atoms with Gasteiger partial charge in [0.25, 0.3) is 11.8 Å². The van der Waals surface area contributed by atoms with Crippen LogP contribution < -0.4 is 15.2 Å². The van der Waals surface area contributed by atoms with Crippen LogP contribution in [0.15, 0.2) is 47.1 Å². The van der Waals surface area contributed by atoms with E-state index in [1.54, 1.807) is 29.2 Å². The van der Waals surface area contributed by atoms with Crippen LogP contribution in [-0.2, 0) is 4.74 Å². The highest BCUT2D eigenvalue weighted by Gasteiger charge is 2.30. The number of halogens is 1. The summed E-state index contributed by atoms with van der Waals surface area (Å²) in [6.07, 6.45) is 3.15. The number of hydrogen-bond acceptors (Lipinski definition) is 6. The van der Waals surface area contributed by atoms with Crippen LogP contribution in [0.5, 0.6) is 11.5 Å². The Hall–Kier alpha value is -3.08. The maximum atomic E-state index is 13.6. The quantitative estimate of drug-likeness (QED) is 0.301. The summed E-state index contributed by atoms with van der Waals surface area (Å²) in [6, 6.07) is 11.1. The third kappa shape index (κ3) is 7.23. The molecule has 0 unspecified atom stereocenters. The molecule has 0 aliphatic carbocycles. The number of amides is 2. The fourth-order valence-corrected chi connectivity index (χ4v) is 5.49. The SMILES string of the molecule is COc1ccc(Br)c2[nH]cc(C(=O)N3CCN(C(=O)c4ccccc4OC(C)(C)CCOC(C)(C)CCN)CC3)c12. The molecule has 3 aromatic rings. The van der Waals surface area contributed by atoms with Gasteiger partial charge in [-0.1, -0.05) is 12.1 Å². The van der Waals surface area contributed by atoms with Crippen molar-refractivity contribution in [2.75, 3.05) is 46.4 Å². The van der Waals surface area contributed by atoms with Crippen LogP contribution in [0.1, 0.15) is 61.3 Å². The van der Waals surface area contributed by atoms with Crippen LogP contribution in [0.4, 0.5) is 0 Å². The van der Waals surface area contributed by atoms with Gasteiger partial charge in [0.05, 0.1) is 41.3 Å². The number of nitrogens with two attached hydrogens (primary N) is 1. The number of ether oxygens (including phenoxy) is 3. The lowest BCUT2D eigenvalue weighted by Gasteiger charge is -2.35. The Morgan fingerprint density at radius 1 is 0.902 bits per heavy atom. The number of nitrogens with one attached hydrogen (secondary N) is 1. The number of carbonyl (C=O) groups is 2. The standard InChI is InChI=1S/C31H41BrN4O5/c1-30(2,12-14-33)40-19-13-31(3,4)41-24-9-7-6-8-21(24)28(37)35-15-17-36(18-16-35)29(38)22-20-34-27-23(32)10-11-25(39-5)26(22)27/h6-11,20,34H,12-19,33H2,1-5H3. The van der Waals surface area contributed by atoms with Crippen molar-refractivity contribution >= 4 is 38.6 Å². The summed E-state index contributed by atoms with van der Waals surface area (Å²) in [6.45, 7) is 10.9. The molecular formula is C31H41BrN4O5. The zero-order chi connectivity index (χ0) is 29.8. The summed E-state index contributed by atoms with van der Waals surface area (Å²) in [5, 5.41) is 0.743. The van der Waals surface area contributed by atoms with Crippen LogP contribution in [0.2, 0.25) is 0 Å². The third-order valence-corrected chi connectivity index (χ3v) is 8.16. The zero-order valence-electron chi connectivity index (χ0n) is 24.6. The van der Waals surface area contributed by atoms with Gasteiger partial charge in [-0.15, -0.1) is 0 Å². The minimum atomic E-state index is -0.546. The average Bonchev–Trinajstić information content (AvgIpc) is 3.39. The smallest absolute Gasteiger partial charge is 0.257 e. The zero-order valence-corrected chi connectivity index (χ0v) is 26.2. The predicted octanol–water partition coefficient (Wildman–Crippen LogP) is 5.23. The molecule has 222 valence electrons. The highest BCUT2D eigenvalue weighted by atomic mass is 79.9. The lowest BCUT2D eigenvalue weighted by molar-refractivity contribution is -0.0436. The second-order valence-electron chi connectivity index (χ2n) is 11.5. The van der Waals surface area contributed by atoms with Gasteiger partial charge in [-0.3, -0.25) is 9.59 Å². The average molecular weight is 630 g/mol. The number of hydrogen-bond donors (Lipinski definition) is 2. The summed E-state index contributed by atoms with van der Waals surface area (Å²) in [4.78, 5) is 33.8. The van der Waals surface area contributed by atoms with Crippen LogP contribution >= 0.6 is 15.9 Å². The molecule has 9 nitrogen and oxygen atoms in total. The largest absolute Gasteiger partial charge is 0.496 e. The molecule has 1 aromatic heterocycles. The van der Waals surface area contributed by atoms with Gasteiger partial charge >= 0.3 is 0 Å². The molecule has 10 heteroatoms. The number of carbonyl (C=O) groups excluding carboxylic acids is 2. The number of rotatable bonds is 11.